The van der Waals surface area contributed by atoms with E-state index >= 15 is 0 Å². The summed E-state index contributed by atoms with van der Waals surface area (Å²) in [6.07, 6.45) is 0.0124. The quantitative estimate of drug-likeness (QED) is 0.759. The molecule has 0 unspecified atom stereocenters. The largest absolute Gasteiger partial charge is 0.493 e. The normalized spacial score (nSPS) is 10.2. The first-order chi connectivity index (χ1) is 11.9. The molecule has 0 radical (unpaired) electrons. The molecule has 0 bridgehead atoms. The van der Waals surface area contributed by atoms with Crippen LogP contribution in [0, 0.1) is 12.7 Å². The molecule has 2 rings (SSSR count). The van der Waals surface area contributed by atoms with Gasteiger partial charge in [0.2, 0.25) is 0 Å². The molecule has 0 spiro atoms. The maximum absolute atomic E-state index is 12.9. The summed E-state index contributed by atoms with van der Waals surface area (Å²) in [5.41, 5.74) is 1.29. The molecular weight excluding hydrogens is 349 g/mol. The smallest absolute Gasteiger partial charge is 0.309 e. The first kappa shape index (κ1) is 18.7. The number of amides is 1. The molecule has 25 heavy (non-hydrogen) atoms. The average Bonchev–Trinajstić information content (AvgIpc) is 2.56. The molecule has 5 nitrogen and oxygen atoms in total. The van der Waals surface area contributed by atoms with Crippen molar-refractivity contribution in [3.8, 4) is 5.75 Å². The number of ether oxygens (including phenoxy) is 2. The van der Waals surface area contributed by atoms with E-state index in [0.717, 1.165) is 17.7 Å². The minimum absolute atomic E-state index is 0.0124. The predicted molar refractivity (Wildman–Crippen MR) is 92.3 cm³/mol. The van der Waals surface area contributed by atoms with E-state index in [1.54, 1.807) is 6.07 Å². The zero-order valence-electron chi connectivity index (χ0n) is 13.6. The van der Waals surface area contributed by atoms with Crippen LogP contribution in [-0.2, 0) is 14.3 Å². The average molecular weight is 366 g/mol. The van der Waals surface area contributed by atoms with Crippen LogP contribution in [0.4, 0.5) is 10.1 Å². The lowest BCUT2D eigenvalue weighted by atomic mass is 10.2. The molecule has 0 saturated carbocycles. The number of carbonyl (C=O) groups is 2. The summed E-state index contributed by atoms with van der Waals surface area (Å²) in [5.74, 6) is -0.978. The van der Waals surface area contributed by atoms with Gasteiger partial charge >= 0.3 is 5.97 Å². The van der Waals surface area contributed by atoms with E-state index in [2.05, 4.69) is 5.32 Å². The van der Waals surface area contributed by atoms with Gasteiger partial charge in [0, 0.05) is 0 Å². The van der Waals surface area contributed by atoms with Gasteiger partial charge in [-0.15, -0.1) is 0 Å². The topological polar surface area (TPSA) is 64.6 Å². The molecule has 0 fully saturated rings. The van der Waals surface area contributed by atoms with E-state index in [-0.39, 0.29) is 23.7 Å². The van der Waals surface area contributed by atoms with Crippen LogP contribution in [0.5, 0.6) is 5.75 Å². The molecule has 0 aliphatic rings. The predicted octanol–water partition coefficient (Wildman–Crippen LogP) is 3.74. The third-order valence-electron chi connectivity index (χ3n) is 3.13. The molecule has 0 aromatic heterocycles. The molecule has 1 N–H and O–H groups in total. The molecule has 7 heteroatoms. The van der Waals surface area contributed by atoms with Gasteiger partial charge < -0.3 is 14.8 Å². The molecule has 0 heterocycles. The van der Waals surface area contributed by atoms with Crippen LogP contribution in [0.3, 0.4) is 0 Å². The Morgan fingerprint density at radius 2 is 2.00 bits per heavy atom. The lowest BCUT2D eigenvalue weighted by Crippen LogP contribution is -2.21. The van der Waals surface area contributed by atoms with Gasteiger partial charge in [0.05, 0.1) is 23.7 Å². The number of esters is 1. The van der Waals surface area contributed by atoms with Crippen molar-refractivity contribution in [1.82, 2.24) is 0 Å². The lowest BCUT2D eigenvalue weighted by molar-refractivity contribution is -0.147. The van der Waals surface area contributed by atoms with E-state index in [0.29, 0.717) is 5.75 Å². The summed E-state index contributed by atoms with van der Waals surface area (Å²) in [6, 6.07) is 11.0. The van der Waals surface area contributed by atoms with E-state index in [1.807, 2.05) is 25.1 Å². The highest BCUT2D eigenvalue weighted by atomic mass is 35.5. The minimum Gasteiger partial charge on any atom is -0.493 e. The van der Waals surface area contributed by atoms with Gasteiger partial charge in [0.15, 0.2) is 6.61 Å². The molecule has 0 saturated heterocycles. The molecular formula is C18H17ClFNO4. The van der Waals surface area contributed by atoms with Crippen molar-refractivity contribution in [2.45, 2.75) is 13.3 Å². The fourth-order valence-electron chi connectivity index (χ4n) is 1.95. The highest BCUT2D eigenvalue weighted by molar-refractivity contribution is 6.33. The standard InChI is InChI=1S/C18H17ClFNO4/c1-12-3-2-4-14(9-12)24-8-7-18(23)25-11-17(22)21-16-6-5-13(20)10-15(16)19/h2-6,9-10H,7-8,11H2,1H3,(H,21,22). The molecule has 0 aliphatic heterocycles. The Morgan fingerprint density at radius 1 is 1.20 bits per heavy atom. The summed E-state index contributed by atoms with van der Waals surface area (Å²) >= 11 is 5.80. The maximum atomic E-state index is 12.9. The van der Waals surface area contributed by atoms with E-state index < -0.39 is 24.3 Å². The van der Waals surface area contributed by atoms with E-state index in [1.165, 1.54) is 6.07 Å². The fraction of sp³-hybridized carbons (Fsp3) is 0.222. The SMILES string of the molecule is Cc1cccc(OCCC(=O)OCC(=O)Nc2ccc(F)cc2Cl)c1. The summed E-state index contributed by atoms with van der Waals surface area (Å²) in [4.78, 5) is 23.3. The van der Waals surface area contributed by atoms with Crippen molar-refractivity contribution in [3.05, 3.63) is 58.9 Å². The zero-order chi connectivity index (χ0) is 18.2. The fourth-order valence-corrected chi connectivity index (χ4v) is 2.17. The van der Waals surface area contributed by atoms with Crippen LogP contribution in [0.2, 0.25) is 5.02 Å². The number of anilines is 1. The first-order valence-electron chi connectivity index (χ1n) is 7.54. The third kappa shape index (κ3) is 6.43. The monoisotopic (exact) mass is 365 g/mol. The zero-order valence-corrected chi connectivity index (χ0v) is 14.3. The first-order valence-corrected chi connectivity index (χ1v) is 7.92. The van der Waals surface area contributed by atoms with Gasteiger partial charge in [-0.25, -0.2) is 4.39 Å². The molecule has 132 valence electrons. The summed E-state index contributed by atoms with van der Waals surface area (Å²) in [7, 11) is 0. The Bertz CT molecular complexity index is 766. The third-order valence-corrected chi connectivity index (χ3v) is 3.45. The Kier molecular flexibility index (Phi) is 6.77. The Hall–Kier alpha value is -2.60. The molecule has 1 amide bonds. The molecule has 2 aromatic rings. The van der Waals surface area contributed by atoms with Gasteiger partial charge in [0.1, 0.15) is 11.6 Å². The van der Waals surface area contributed by atoms with Crippen LogP contribution in [0.1, 0.15) is 12.0 Å². The second-order valence-corrected chi connectivity index (χ2v) is 5.66. The van der Waals surface area contributed by atoms with Crippen molar-refractivity contribution in [2.75, 3.05) is 18.5 Å². The number of carbonyl (C=O) groups excluding carboxylic acids is 2. The number of hydrogen-bond acceptors (Lipinski definition) is 4. The number of halogens is 2. The summed E-state index contributed by atoms with van der Waals surface area (Å²) < 4.78 is 23.2. The second kappa shape index (κ2) is 9.03. The number of benzene rings is 2. The van der Waals surface area contributed by atoms with Crippen LogP contribution in [-0.4, -0.2) is 25.1 Å². The van der Waals surface area contributed by atoms with E-state index in [9.17, 15) is 14.0 Å². The van der Waals surface area contributed by atoms with Crippen LogP contribution in [0.25, 0.3) is 0 Å². The Balaban J connectivity index is 1.69. The lowest BCUT2D eigenvalue weighted by Gasteiger charge is -2.09. The summed E-state index contributed by atoms with van der Waals surface area (Å²) in [5, 5.41) is 2.50. The minimum atomic E-state index is -0.568. The number of rotatable bonds is 7. The van der Waals surface area contributed by atoms with Crippen molar-refractivity contribution < 1.29 is 23.5 Å². The molecule has 2 aromatic carbocycles. The van der Waals surface area contributed by atoms with Gasteiger partial charge in [-0.3, -0.25) is 9.59 Å². The van der Waals surface area contributed by atoms with E-state index in [4.69, 9.17) is 21.1 Å². The molecule has 0 atom stereocenters. The van der Waals surface area contributed by atoms with Crippen molar-refractivity contribution in [1.29, 1.82) is 0 Å². The van der Waals surface area contributed by atoms with Gasteiger partial charge in [-0.2, -0.15) is 0 Å². The van der Waals surface area contributed by atoms with Gasteiger partial charge in [-0.05, 0) is 42.8 Å². The van der Waals surface area contributed by atoms with Crippen molar-refractivity contribution >= 4 is 29.2 Å². The Morgan fingerprint density at radius 3 is 2.72 bits per heavy atom. The number of hydrogen-bond donors (Lipinski definition) is 1. The number of aryl methyl sites for hydroxylation is 1. The van der Waals surface area contributed by atoms with Crippen molar-refractivity contribution in [2.24, 2.45) is 0 Å². The molecule has 0 aliphatic carbocycles. The van der Waals surface area contributed by atoms with Gasteiger partial charge in [-0.1, -0.05) is 23.7 Å². The highest BCUT2D eigenvalue weighted by Gasteiger charge is 2.10. The highest BCUT2D eigenvalue weighted by Crippen LogP contribution is 2.22. The van der Waals surface area contributed by atoms with Crippen LogP contribution >= 0.6 is 11.6 Å². The van der Waals surface area contributed by atoms with Crippen LogP contribution < -0.4 is 10.1 Å². The Labute approximate surface area is 149 Å². The second-order valence-electron chi connectivity index (χ2n) is 5.25. The van der Waals surface area contributed by atoms with Gasteiger partial charge in [0.25, 0.3) is 5.91 Å². The van der Waals surface area contributed by atoms with Crippen LogP contribution in [0.15, 0.2) is 42.5 Å². The number of nitrogens with one attached hydrogen (secondary N) is 1. The van der Waals surface area contributed by atoms with Crippen molar-refractivity contribution in [3.63, 3.8) is 0 Å². The summed E-state index contributed by atoms with van der Waals surface area (Å²) in [6.45, 7) is 1.62. The maximum Gasteiger partial charge on any atom is 0.309 e.